The van der Waals surface area contributed by atoms with E-state index in [1.54, 1.807) is 24.7 Å². The molecule has 0 radical (unpaired) electrons. The van der Waals surface area contributed by atoms with Crippen molar-refractivity contribution in [3.63, 3.8) is 0 Å². The van der Waals surface area contributed by atoms with Gasteiger partial charge in [-0.3, -0.25) is 9.48 Å². The number of fused-ring (bicyclic) bond motifs is 1. The van der Waals surface area contributed by atoms with E-state index >= 15 is 0 Å². The second-order valence-electron chi connectivity index (χ2n) is 6.03. The molecule has 0 aromatic carbocycles. The van der Waals surface area contributed by atoms with E-state index in [0.717, 1.165) is 31.7 Å². The molecule has 1 fully saturated rings. The van der Waals surface area contributed by atoms with Crippen LogP contribution in [-0.4, -0.2) is 49.6 Å². The van der Waals surface area contributed by atoms with Gasteiger partial charge in [-0.25, -0.2) is 0 Å². The minimum Gasteiger partial charge on any atom is -0.355 e. The van der Waals surface area contributed by atoms with Gasteiger partial charge in [-0.1, -0.05) is 0 Å². The number of nitrogens with one attached hydrogen (secondary N) is 1. The summed E-state index contributed by atoms with van der Waals surface area (Å²) in [5.41, 5.74) is 1.27. The minimum atomic E-state index is -0.102. The third-order valence-corrected chi connectivity index (χ3v) is 4.42. The highest BCUT2D eigenvalue weighted by atomic mass is 16.1. The Morgan fingerprint density at radius 1 is 1.25 bits per heavy atom. The summed E-state index contributed by atoms with van der Waals surface area (Å²) in [7, 11) is 1.93. The molecule has 1 saturated heterocycles. The van der Waals surface area contributed by atoms with Crippen LogP contribution in [0.3, 0.4) is 0 Å². The normalized spacial score (nSPS) is 18.0. The van der Waals surface area contributed by atoms with Crippen molar-refractivity contribution in [1.29, 1.82) is 0 Å². The third-order valence-electron chi connectivity index (χ3n) is 4.42. The highest BCUT2D eigenvalue weighted by Crippen LogP contribution is 2.19. The number of amides is 1. The van der Waals surface area contributed by atoms with Crippen LogP contribution in [0, 0.1) is 0 Å². The molecule has 0 aliphatic carbocycles. The standard InChI is InChI=1S/C16H19N7O/c1-21-15(6-8-17-21)22-9-3-4-12(11-22)20-16(24)13-10-19-23-14(13)5-2-7-18-23/h2,5-8,10,12H,3-4,9,11H2,1H3,(H,20,24). The summed E-state index contributed by atoms with van der Waals surface area (Å²) in [6.07, 6.45) is 7.02. The molecule has 4 rings (SSSR count). The Kier molecular flexibility index (Phi) is 3.64. The summed E-state index contributed by atoms with van der Waals surface area (Å²) >= 11 is 0. The number of piperidine rings is 1. The van der Waals surface area contributed by atoms with Crippen molar-refractivity contribution < 1.29 is 4.79 Å². The number of hydrogen-bond donors (Lipinski definition) is 1. The van der Waals surface area contributed by atoms with Gasteiger partial charge in [0.1, 0.15) is 11.3 Å². The molecule has 1 atom stereocenters. The molecule has 4 heterocycles. The molecule has 0 bridgehead atoms. The van der Waals surface area contributed by atoms with Crippen LogP contribution in [0.2, 0.25) is 0 Å². The average molecular weight is 325 g/mol. The molecule has 1 unspecified atom stereocenters. The largest absolute Gasteiger partial charge is 0.355 e. The molecule has 1 N–H and O–H groups in total. The SMILES string of the molecule is Cn1nccc1N1CCCC(NC(=O)c2cnn3ncccc23)C1. The van der Waals surface area contributed by atoms with Gasteiger partial charge in [-0.15, -0.1) is 0 Å². The van der Waals surface area contributed by atoms with Crippen LogP contribution in [0.15, 0.2) is 36.8 Å². The minimum absolute atomic E-state index is 0.102. The van der Waals surface area contributed by atoms with E-state index in [2.05, 4.69) is 25.5 Å². The van der Waals surface area contributed by atoms with E-state index in [9.17, 15) is 4.79 Å². The van der Waals surface area contributed by atoms with Crippen LogP contribution in [-0.2, 0) is 7.05 Å². The van der Waals surface area contributed by atoms with E-state index in [4.69, 9.17) is 0 Å². The average Bonchev–Trinajstić information content (AvgIpc) is 3.21. The topological polar surface area (TPSA) is 80.4 Å². The number of carbonyl (C=O) groups excluding carboxylic acids is 1. The summed E-state index contributed by atoms with van der Waals surface area (Å²) in [6.45, 7) is 1.76. The van der Waals surface area contributed by atoms with Gasteiger partial charge in [0, 0.05) is 38.4 Å². The van der Waals surface area contributed by atoms with Gasteiger partial charge in [0.15, 0.2) is 0 Å². The fraction of sp³-hybridized carbons (Fsp3) is 0.375. The first-order valence-electron chi connectivity index (χ1n) is 8.05. The van der Waals surface area contributed by atoms with Gasteiger partial charge >= 0.3 is 0 Å². The molecule has 1 aliphatic heterocycles. The second-order valence-corrected chi connectivity index (χ2v) is 6.03. The quantitative estimate of drug-likeness (QED) is 0.772. The number of hydrogen-bond acceptors (Lipinski definition) is 5. The van der Waals surface area contributed by atoms with Crippen molar-refractivity contribution in [1.82, 2.24) is 29.9 Å². The number of carbonyl (C=O) groups is 1. The van der Waals surface area contributed by atoms with Gasteiger partial charge < -0.3 is 10.2 Å². The van der Waals surface area contributed by atoms with E-state index in [0.29, 0.717) is 11.1 Å². The predicted molar refractivity (Wildman–Crippen MR) is 88.9 cm³/mol. The van der Waals surface area contributed by atoms with Gasteiger partial charge in [0.25, 0.3) is 5.91 Å². The van der Waals surface area contributed by atoms with Crippen molar-refractivity contribution in [2.75, 3.05) is 18.0 Å². The summed E-state index contributed by atoms with van der Waals surface area (Å²) < 4.78 is 3.33. The molecule has 3 aromatic rings. The Morgan fingerprint density at radius 2 is 2.17 bits per heavy atom. The summed E-state index contributed by atoms with van der Waals surface area (Å²) in [5.74, 6) is 0.976. The van der Waals surface area contributed by atoms with E-state index in [-0.39, 0.29) is 11.9 Å². The zero-order chi connectivity index (χ0) is 16.5. The van der Waals surface area contributed by atoms with Gasteiger partial charge in [0.2, 0.25) is 0 Å². The Morgan fingerprint density at radius 3 is 3.00 bits per heavy atom. The fourth-order valence-electron chi connectivity index (χ4n) is 3.25. The lowest BCUT2D eigenvalue weighted by atomic mass is 10.1. The summed E-state index contributed by atoms with van der Waals surface area (Å²) in [4.78, 5) is 14.9. The molecule has 8 heteroatoms. The summed E-state index contributed by atoms with van der Waals surface area (Å²) in [6, 6.07) is 5.75. The Balaban J connectivity index is 1.48. The van der Waals surface area contributed by atoms with Crippen LogP contribution < -0.4 is 10.2 Å². The van der Waals surface area contributed by atoms with Crippen LogP contribution in [0.5, 0.6) is 0 Å². The molecule has 24 heavy (non-hydrogen) atoms. The van der Waals surface area contributed by atoms with Gasteiger partial charge in [0.05, 0.1) is 18.0 Å². The van der Waals surface area contributed by atoms with Crippen LogP contribution in [0.4, 0.5) is 5.82 Å². The van der Waals surface area contributed by atoms with E-state index in [1.165, 1.54) is 4.63 Å². The van der Waals surface area contributed by atoms with Crippen LogP contribution in [0.25, 0.3) is 5.52 Å². The molecule has 0 spiro atoms. The van der Waals surface area contributed by atoms with Crippen molar-refractivity contribution in [3.05, 3.63) is 42.4 Å². The maximum absolute atomic E-state index is 12.6. The van der Waals surface area contributed by atoms with Crippen molar-refractivity contribution in [2.24, 2.45) is 7.05 Å². The van der Waals surface area contributed by atoms with Crippen LogP contribution in [0.1, 0.15) is 23.2 Å². The zero-order valence-corrected chi connectivity index (χ0v) is 13.5. The molecule has 124 valence electrons. The Labute approximate surface area is 139 Å². The van der Waals surface area contributed by atoms with Crippen molar-refractivity contribution in [3.8, 4) is 0 Å². The molecule has 3 aromatic heterocycles. The lowest BCUT2D eigenvalue weighted by Gasteiger charge is -2.34. The van der Waals surface area contributed by atoms with Gasteiger partial charge in [-0.2, -0.15) is 19.9 Å². The maximum atomic E-state index is 12.6. The number of aromatic nitrogens is 5. The van der Waals surface area contributed by atoms with E-state index in [1.807, 2.05) is 23.9 Å². The smallest absolute Gasteiger partial charge is 0.255 e. The lowest BCUT2D eigenvalue weighted by Crippen LogP contribution is -2.48. The maximum Gasteiger partial charge on any atom is 0.255 e. The molecule has 1 amide bonds. The highest BCUT2D eigenvalue weighted by Gasteiger charge is 2.24. The number of aryl methyl sites for hydroxylation is 1. The number of anilines is 1. The number of rotatable bonds is 3. The van der Waals surface area contributed by atoms with E-state index < -0.39 is 0 Å². The zero-order valence-electron chi connectivity index (χ0n) is 13.5. The molecule has 1 aliphatic rings. The molecule has 0 saturated carbocycles. The third kappa shape index (κ3) is 2.60. The number of nitrogens with zero attached hydrogens (tertiary/aromatic N) is 6. The predicted octanol–water partition coefficient (Wildman–Crippen LogP) is 0.862. The molecular formula is C16H19N7O. The molecular weight excluding hydrogens is 306 g/mol. The monoisotopic (exact) mass is 325 g/mol. The first kappa shape index (κ1) is 14.7. The first-order chi connectivity index (χ1) is 11.7. The van der Waals surface area contributed by atoms with Crippen molar-refractivity contribution >= 4 is 17.2 Å². The fourth-order valence-corrected chi connectivity index (χ4v) is 3.25. The Hall–Kier alpha value is -2.90. The second kappa shape index (κ2) is 5.95. The Bertz CT molecular complexity index is 868. The molecule has 8 nitrogen and oxygen atoms in total. The summed E-state index contributed by atoms with van der Waals surface area (Å²) in [5, 5.41) is 15.6. The first-order valence-corrected chi connectivity index (χ1v) is 8.05. The highest BCUT2D eigenvalue weighted by molar-refractivity contribution is 6.00. The van der Waals surface area contributed by atoms with Gasteiger partial charge in [-0.05, 0) is 25.0 Å². The van der Waals surface area contributed by atoms with Crippen LogP contribution >= 0.6 is 0 Å². The van der Waals surface area contributed by atoms with Crippen molar-refractivity contribution in [2.45, 2.75) is 18.9 Å². The lowest BCUT2D eigenvalue weighted by molar-refractivity contribution is 0.0934.